The highest BCUT2D eigenvalue weighted by Gasteiger charge is 2.17. The Bertz CT molecular complexity index is 783. The van der Waals surface area contributed by atoms with Gasteiger partial charge in [-0.1, -0.05) is 52.3 Å². The number of carbonyl (C=O) groups excluding carboxylic acids is 1. The molecule has 7 nitrogen and oxygen atoms in total. The minimum absolute atomic E-state index is 0.109. The Morgan fingerprint density at radius 2 is 1.83 bits per heavy atom. The van der Waals surface area contributed by atoms with E-state index in [1.54, 1.807) is 11.8 Å². The number of amides is 1. The molecule has 0 saturated carbocycles. The Morgan fingerprint density at radius 1 is 1.14 bits per heavy atom. The minimum atomic E-state index is 0.109. The highest BCUT2D eigenvalue weighted by molar-refractivity contribution is 7.99. The van der Waals surface area contributed by atoms with Crippen molar-refractivity contribution in [1.29, 1.82) is 0 Å². The van der Waals surface area contributed by atoms with Gasteiger partial charge in [0.05, 0.1) is 18.1 Å². The predicted molar refractivity (Wildman–Crippen MR) is 121 cm³/mol. The molecule has 8 heteroatoms. The first-order chi connectivity index (χ1) is 13.8. The zero-order valence-corrected chi connectivity index (χ0v) is 19.5. The van der Waals surface area contributed by atoms with Crippen molar-refractivity contribution in [2.45, 2.75) is 90.2 Å². The number of hydrogen-bond donors (Lipinski definition) is 2. The largest absolute Gasteiger partial charge is 0.367 e. The molecule has 0 aliphatic rings. The van der Waals surface area contributed by atoms with Gasteiger partial charge in [-0.15, -0.1) is 0 Å². The number of anilines is 1. The van der Waals surface area contributed by atoms with Crippen molar-refractivity contribution in [2.75, 3.05) is 11.9 Å². The molecule has 2 rings (SSSR count). The Kier molecular flexibility index (Phi) is 9.20. The predicted octanol–water partition coefficient (Wildman–Crippen LogP) is 4.48. The number of thioether (sulfide) groups is 1. The maximum absolute atomic E-state index is 12.5. The standard InChI is InChI=1S/C21H36N6OS/c1-7-9-16(10-8-2)20(28)22-11-12-27-19-17(13-23-27)18(24-14(3)4)25-21(26-19)29-15(5)6/h13-16H,7-12H2,1-6H3,(H,22,28)(H,24,25,26). The molecule has 29 heavy (non-hydrogen) atoms. The third-order valence-electron chi connectivity index (χ3n) is 4.51. The summed E-state index contributed by atoms with van der Waals surface area (Å²) in [6.07, 6.45) is 5.75. The molecule has 2 N–H and O–H groups in total. The maximum atomic E-state index is 12.5. The second kappa shape index (κ2) is 11.4. The minimum Gasteiger partial charge on any atom is -0.367 e. The molecule has 0 spiro atoms. The number of hydrogen-bond acceptors (Lipinski definition) is 6. The van der Waals surface area contributed by atoms with E-state index in [2.05, 4.69) is 62.3 Å². The maximum Gasteiger partial charge on any atom is 0.223 e. The Balaban J connectivity index is 2.15. The van der Waals surface area contributed by atoms with Crippen LogP contribution in [0.1, 0.15) is 67.2 Å². The lowest BCUT2D eigenvalue weighted by Crippen LogP contribution is -2.33. The van der Waals surface area contributed by atoms with Crippen LogP contribution in [0.25, 0.3) is 11.0 Å². The Morgan fingerprint density at radius 3 is 2.41 bits per heavy atom. The van der Waals surface area contributed by atoms with Crippen molar-refractivity contribution in [3.8, 4) is 0 Å². The third-order valence-corrected chi connectivity index (χ3v) is 5.37. The molecule has 0 aliphatic heterocycles. The normalized spacial score (nSPS) is 11.8. The van der Waals surface area contributed by atoms with Crippen LogP contribution >= 0.6 is 11.8 Å². The molecule has 2 heterocycles. The van der Waals surface area contributed by atoms with Crippen LogP contribution in [0.4, 0.5) is 5.82 Å². The van der Waals surface area contributed by atoms with Gasteiger partial charge in [0.2, 0.25) is 5.91 Å². The van der Waals surface area contributed by atoms with Gasteiger partial charge in [-0.3, -0.25) is 4.79 Å². The molecule has 1 amide bonds. The van der Waals surface area contributed by atoms with Crippen LogP contribution in [-0.4, -0.2) is 43.5 Å². The summed E-state index contributed by atoms with van der Waals surface area (Å²) >= 11 is 1.64. The van der Waals surface area contributed by atoms with E-state index in [-0.39, 0.29) is 17.9 Å². The van der Waals surface area contributed by atoms with Gasteiger partial charge >= 0.3 is 0 Å². The quantitative estimate of drug-likeness (QED) is 0.389. The van der Waals surface area contributed by atoms with Crippen LogP contribution in [0.3, 0.4) is 0 Å². The Labute approximate surface area is 178 Å². The number of nitrogens with one attached hydrogen (secondary N) is 2. The second-order valence-corrected chi connectivity index (χ2v) is 9.53. The molecule has 0 radical (unpaired) electrons. The molecule has 0 atom stereocenters. The summed E-state index contributed by atoms with van der Waals surface area (Å²) in [5.74, 6) is 1.07. The molecular weight excluding hydrogens is 384 g/mol. The first-order valence-corrected chi connectivity index (χ1v) is 11.7. The summed E-state index contributed by atoms with van der Waals surface area (Å²) < 4.78 is 1.86. The fourth-order valence-corrected chi connectivity index (χ4v) is 3.98. The van der Waals surface area contributed by atoms with Gasteiger partial charge in [0.1, 0.15) is 5.82 Å². The number of aromatic nitrogens is 4. The van der Waals surface area contributed by atoms with Crippen molar-refractivity contribution >= 4 is 34.5 Å². The molecule has 0 aromatic carbocycles. The molecule has 2 aromatic rings. The van der Waals surface area contributed by atoms with Gasteiger partial charge in [-0.25, -0.2) is 14.6 Å². The highest BCUT2D eigenvalue weighted by Crippen LogP contribution is 2.26. The molecular formula is C21H36N6OS. The number of fused-ring (bicyclic) bond motifs is 1. The van der Waals surface area contributed by atoms with E-state index < -0.39 is 0 Å². The van der Waals surface area contributed by atoms with E-state index in [0.717, 1.165) is 47.7 Å². The summed E-state index contributed by atoms with van der Waals surface area (Å²) in [6, 6.07) is 0.265. The number of carbonyl (C=O) groups is 1. The van der Waals surface area contributed by atoms with E-state index in [9.17, 15) is 4.79 Å². The lowest BCUT2D eigenvalue weighted by atomic mass is 9.97. The van der Waals surface area contributed by atoms with E-state index in [1.165, 1.54) is 0 Å². The van der Waals surface area contributed by atoms with E-state index in [1.807, 2.05) is 10.9 Å². The fraction of sp³-hybridized carbons (Fsp3) is 0.714. The van der Waals surface area contributed by atoms with Gasteiger partial charge in [0.15, 0.2) is 10.8 Å². The zero-order valence-electron chi connectivity index (χ0n) is 18.7. The van der Waals surface area contributed by atoms with Gasteiger partial charge < -0.3 is 10.6 Å². The van der Waals surface area contributed by atoms with Crippen molar-refractivity contribution in [1.82, 2.24) is 25.1 Å². The van der Waals surface area contributed by atoms with E-state index >= 15 is 0 Å². The number of rotatable bonds is 12. The zero-order chi connectivity index (χ0) is 21.4. The molecule has 0 aliphatic carbocycles. The summed E-state index contributed by atoms with van der Waals surface area (Å²) in [7, 11) is 0. The van der Waals surface area contributed by atoms with Crippen LogP contribution in [-0.2, 0) is 11.3 Å². The fourth-order valence-electron chi connectivity index (χ4n) is 3.28. The van der Waals surface area contributed by atoms with E-state index in [4.69, 9.17) is 4.98 Å². The van der Waals surface area contributed by atoms with Crippen LogP contribution < -0.4 is 10.6 Å². The third kappa shape index (κ3) is 6.87. The second-order valence-electron chi connectivity index (χ2n) is 7.99. The summed E-state index contributed by atoms with van der Waals surface area (Å²) in [5.41, 5.74) is 0.805. The number of nitrogens with zero attached hydrogens (tertiary/aromatic N) is 4. The van der Waals surface area contributed by atoms with E-state index in [0.29, 0.717) is 18.3 Å². The molecule has 0 unspecified atom stereocenters. The smallest absolute Gasteiger partial charge is 0.223 e. The van der Waals surface area contributed by atoms with Crippen LogP contribution in [0, 0.1) is 5.92 Å². The topological polar surface area (TPSA) is 84.7 Å². The lowest BCUT2D eigenvalue weighted by molar-refractivity contribution is -0.125. The lowest BCUT2D eigenvalue weighted by Gasteiger charge is -2.15. The first-order valence-electron chi connectivity index (χ1n) is 10.8. The van der Waals surface area contributed by atoms with Crippen molar-refractivity contribution in [2.24, 2.45) is 5.92 Å². The monoisotopic (exact) mass is 420 g/mol. The summed E-state index contributed by atoms with van der Waals surface area (Å²) in [5, 5.41) is 13.0. The summed E-state index contributed by atoms with van der Waals surface area (Å²) in [4.78, 5) is 21.9. The van der Waals surface area contributed by atoms with Gasteiger partial charge in [-0.2, -0.15) is 5.10 Å². The molecule has 2 aromatic heterocycles. The van der Waals surface area contributed by atoms with Gasteiger partial charge in [0, 0.05) is 23.8 Å². The average Bonchev–Trinajstić information content (AvgIpc) is 3.03. The SMILES string of the molecule is CCCC(CCC)C(=O)NCCn1ncc2c(NC(C)C)nc(SC(C)C)nc21. The average molecular weight is 421 g/mol. The van der Waals surface area contributed by atoms with Crippen LogP contribution in [0.15, 0.2) is 11.4 Å². The molecule has 0 saturated heterocycles. The van der Waals surface area contributed by atoms with Crippen LogP contribution in [0.2, 0.25) is 0 Å². The molecule has 162 valence electrons. The van der Waals surface area contributed by atoms with Gasteiger partial charge in [0.25, 0.3) is 0 Å². The van der Waals surface area contributed by atoms with Crippen LogP contribution in [0.5, 0.6) is 0 Å². The Hall–Kier alpha value is -1.83. The molecule has 0 bridgehead atoms. The van der Waals surface area contributed by atoms with Gasteiger partial charge in [-0.05, 0) is 26.7 Å². The van der Waals surface area contributed by atoms with Crippen molar-refractivity contribution in [3.05, 3.63) is 6.20 Å². The first kappa shape index (κ1) is 23.4. The van der Waals surface area contributed by atoms with Crippen molar-refractivity contribution < 1.29 is 4.79 Å². The highest BCUT2D eigenvalue weighted by atomic mass is 32.2. The summed E-state index contributed by atoms with van der Waals surface area (Å²) in [6.45, 7) is 13.8. The van der Waals surface area contributed by atoms with Crippen molar-refractivity contribution in [3.63, 3.8) is 0 Å². The molecule has 0 fully saturated rings.